The second-order valence-corrected chi connectivity index (χ2v) is 4.24. The van der Waals surface area contributed by atoms with Crippen molar-refractivity contribution in [3.05, 3.63) is 37.0 Å². The van der Waals surface area contributed by atoms with Crippen molar-refractivity contribution in [1.82, 2.24) is 0 Å². The molecule has 0 aromatic carbocycles. The van der Waals surface area contributed by atoms with Gasteiger partial charge in [0.25, 0.3) is 0 Å². The van der Waals surface area contributed by atoms with E-state index in [0.717, 1.165) is 0 Å². The van der Waals surface area contributed by atoms with E-state index in [4.69, 9.17) is 26.2 Å². The lowest BCUT2D eigenvalue weighted by Gasteiger charge is -2.23. The summed E-state index contributed by atoms with van der Waals surface area (Å²) in [6.45, 7) is 5.42. The third kappa shape index (κ3) is 8.60. The van der Waals surface area contributed by atoms with Gasteiger partial charge < -0.3 is 26.2 Å². The average Bonchev–Trinajstić information content (AvgIpc) is 2.47. The molecule has 0 spiro atoms. The lowest BCUT2D eigenvalue weighted by atomic mass is 9.93. The molecule has 6 heteroatoms. The van der Waals surface area contributed by atoms with Crippen LogP contribution in [0.4, 0.5) is 0 Å². The molecule has 6 N–H and O–H groups in total. The molecule has 0 saturated heterocycles. The van der Waals surface area contributed by atoms with Crippen molar-refractivity contribution in [2.45, 2.75) is 12.8 Å². The zero-order chi connectivity index (χ0) is 16.0. The van der Waals surface area contributed by atoms with Crippen LogP contribution in [0.5, 0.6) is 0 Å². The van der Waals surface area contributed by atoms with Gasteiger partial charge in [-0.3, -0.25) is 4.79 Å². The van der Waals surface area contributed by atoms with Crippen molar-refractivity contribution in [2.24, 2.45) is 11.1 Å². The summed E-state index contributed by atoms with van der Waals surface area (Å²) in [7, 11) is 0. The normalized spacial score (nSPS) is 11.3. The predicted molar refractivity (Wildman–Crippen MR) is 77.7 cm³/mol. The Bertz CT molecular complexity index is 304. The van der Waals surface area contributed by atoms with Crippen LogP contribution in [0.2, 0.25) is 0 Å². The van der Waals surface area contributed by atoms with Crippen molar-refractivity contribution in [1.29, 1.82) is 0 Å². The number of carbonyl (C=O) groups excluding carboxylic acids is 1. The van der Waals surface area contributed by atoms with Crippen LogP contribution in [0, 0.1) is 5.41 Å². The number of aliphatic hydroxyl groups is 4. The van der Waals surface area contributed by atoms with Crippen molar-refractivity contribution >= 4 is 5.91 Å². The first-order chi connectivity index (χ1) is 9.46. The Labute approximate surface area is 119 Å². The molecule has 0 unspecified atom stereocenters. The summed E-state index contributed by atoms with van der Waals surface area (Å²) in [5.41, 5.74) is 4.56. The van der Waals surface area contributed by atoms with Gasteiger partial charge in [0, 0.05) is 5.57 Å². The third-order valence-electron chi connectivity index (χ3n) is 2.55. The van der Waals surface area contributed by atoms with Gasteiger partial charge in [0.05, 0.1) is 31.8 Å². The minimum atomic E-state index is -1.11. The van der Waals surface area contributed by atoms with Crippen LogP contribution >= 0.6 is 0 Å². The first-order valence-electron chi connectivity index (χ1n) is 6.11. The highest BCUT2D eigenvalue weighted by Crippen LogP contribution is 2.11. The second kappa shape index (κ2) is 12.6. The summed E-state index contributed by atoms with van der Waals surface area (Å²) in [6.07, 6.45) is 6.33. The zero-order valence-corrected chi connectivity index (χ0v) is 11.7. The standard InChI is InChI=1S/C9H13NO.C5H12O4/c1-3-5-7-8(6-4-2)9(10)11;6-1-5(2-7,3-8)4-9/h3-4,7H,1-2,5-6H2,(H2,10,11);6-9H,1-4H2. The molecule has 0 aliphatic heterocycles. The fourth-order valence-electron chi connectivity index (χ4n) is 0.966. The zero-order valence-electron chi connectivity index (χ0n) is 11.7. The van der Waals surface area contributed by atoms with Crippen molar-refractivity contribution in [3.63, 3.8) is 0 Å². The van der Waals surface area contributed by atoms with Crippen LogP contribution in [0.25, 0.3) is 0 Å². The van der Waals surface area contributed by atoms with Crippen molar-refractivity contribution in [3.8, 4) is 0 Å². The lowest BCUT2D eigenvalue weighted by Crippen LogP contribution is -2.37. The maximum atomic E-state index is 10.7. The Morgan fingerprint density at radius 1 is 1.00 bits per heavy atom. The van der Waals surface area contributed by atoms with Gasteiger partial charge in [-0.2, -0.15) is 0 Å². The molecule has 6 nitrogen and oxygen atoms in total. The second-order valence-electron chi connectivity index (χ2n) is 4.24. The number of allylic oxidation sites excluding steroid dienone is 3. The predicted octanol–water partition coefficient (Wildman–Crippen LogP) is -0.508. The highest BCUT2D eigenvalue weighted by atomic mass is 16.3. The van der Waals surface area contributed by atoms with E-state index in [1.807, 2.05) is 0 Å². The molecular weight excluding hydrogens is 262 g/mol. The highest BCUT2D eigenvalue weighted by molar-refractivity contribution is 5.92. The monoisotopic (exact) mass is 287 g/mol. The molecule has 0 radical (unpaired) electrons. The lowest BCUT2D eigenvalue weighted by molar-refractivity contribution is -0.114. The Balaban J connectivity index is 0. The van der Waals surface area contributed by atoms with Gasteiger partial charge in [-0.15, -0.1) is 13.2 Å². The molecular formula is C14H25NO5. The number of carbonyl (C=O) groups is 1. The van der Waals surface area contributed by atoms with E-state index in [9.17, 15) is 4.79 Å². The fourth-order valence-corrected chi connectivity index (χ4v) is 0.966. The smallest absolute Gasteiger partial charge is 0.244 e. The van der Waals surface area contributed by atoms with Crippen molar-refractivity contribution in [2.75, 3.05) is 26.4 Å². The maximum absolute atomic E-state index is 10.7. The quantitative estimate of drug-likeness (QED) is 0.289. The number of aliphatic hydroxyl groups excluding tert-OH is 4. The maximum Gasteiger partial charge on any atom is 0.244 e. The molecule has 0 atom stereocenters. The van der Waals surface area contributed by atoms with Gasteiger partial charge in [-0.05, 0) is 12.8 Å². The molecule has 0 aromatic heterocycles. The van der Waals surface area contributed by atoms with Gasteiger partial charge in [-0.25, -0.2) is 0 Å². The van der Waals surface area contributed by atoms with Crippen LogP contribution in [0.3, 0.4) is 0 Å². The minimum Gasteiger partial charge on any atom is -0.396 e. The van der Waals surface area contributed by atoms with E-state index >= 15 is 0 Å². The van der Waals surface area contributed by atoms with E-state index in [-0.39, 0.29) is 5.91 Å². The molecule has 20 heavy (non-hydrogen) atoms. The molecule has 0 saturated carbocycles. The van der Waals surface area contributed by atoms with Gasteiger partial charge in [-0.1, -0.05) is 18.2 Å². The topological polar surface area (TPSA) is 124 Å². The molecule has 0 aromatic rings. The summed E-state index contributed by atoms with van der Waals surface area (Å²) < 4.78 is 0. The van der Waals surface area contributed by atoms with E-state index in [2.05, 4.69) is 13.2 Å². The number of rotatable bonds is 9. The van der Waals surface area contributed by atoms with Crippen LogP contribution in [-0.4, -0.2) is 52.8 Å². The van der Waals surface area contributed by atoms with E-state index in [1.165, 1.54) is 0 Å². The summed E-state index contributed by atoms with van der Waals surface area (Å²) in [5.74, 6) is -0.383. The summed E-state index contributed by atoms with van der Waals surface area (Å²) >= 11 is 0. The molecule has 0 bridgehead atoms. The van der Waals surface area contributed by atoms with Gasteiger partial charge in [0.1, 0.15) is 0 Å². The molecule has 1 amide bonds. The Morgan fingerprint density at radius 2 is 1.45 bits per heavy atom. The highest BCUT2D eigenvalue weighted by Gasteiger charge is 2.26. The molecule has 0 fully saturated rings. The largest absolute Gasteiger partial charge is 0.396 e. The van der Waals surface area contributed by atoms with Crippen LogP contribution < -0.4 is 5.73 Å². The molecule has 0 aliphatic carbocycles. The number of nitrogens with two attached hydrogens (primary N) is 1. The molecule has 116 valence electrons. The summed E-state index contributed by atoms with van der Waals surface area (Å²) in [6, 6.07) is 0. The van der Waals surface area contributed by atoms with E-state index in [0.29, 0.717) is 18.4 Å². The van der Waals surface area contributed by atoms with E-state index in [1.54, 1.807) is 18.2 Å². The van der Waals surface area contributed by atoms with Crippen LogP contribution in [-0.2, 0) is 4.79 Å². The van der Waals surface area contributed by atoms with Gasteiger partial charge in [0.2, 0.25) is 5.91 Å². The fraction of sp³-hybridized carbons (Fsp3) is 0.500. The summed E-state index contributed by atoms with van der Waals surface area (Å²) in [5, 5.41) is 34.0. The van der Waals surface area contributed by atoms with Crippen LogP contribution in [0.1, 0.15) is 12.8 Å². The van der Waals surface area contributed by atoms with Gasteiger partial charge in [0.15, 0.2) is 0 Å². The SMILES string of the molecule is C=CCC=C(CC=C)C(N)=O.OCC(CO)(CO)CO. The first-order valence-corrected chi connectivity index (χ1v) is 6.11. The van der Waals surface area contributed by atoms with Crippen LogP contribution in [0.15, 0.2) is 37.0 Å². The Morgan fingerprint density at radius 3 is 1.65 bits per heavy atom. The molecule has 0 aliphatic rings. The van der Waals surface area contributed by atoms with Gasteiger partial charge >= 0.3 is 0 Å². The number of amides is 1. The van der Waals surface area contributed by atoms with E-state index < -0.39 is 31.8 Å². The summed E-state index contributed by atoms with van der Waals surface area (Å²) in [4.78, 5) is 10.7. The number of hydrogen-bond donors (Lipinski definition) is 5. The molecule has 0 rings (SSSR count). The first kappa shape index (κ1) is 20.8. The third-order valence-corrected chi connectivity index (χ3v) is 2.55. The number of primary amides is 1. The Kier molecular flexibility index (Phi) is 13.1. The number of hydrogen-bond acceptors (Lipinski definition) is 5. The molecule has 0 heterocycles. The average molecular weight is 287 g/mol. The van der Waals surface area contributed by atoms with Crippen molar-refractivity contribution < 1.29 is 25.2 Å². The Hall–Kier alpha value is -1.47. The minimum absolute atomic E-state index is 0.383.